The minimum atomic E-state index is -1.31. The van der Waals surface area contributed by atoms with Gasteiger partial charge in [0.05, 0.1) is 25.4 Å². The normalized spacial score (nSPS) is 25.3. The molecule has 3 aliphatic heterocycles. The van der Waals surface area contributed by atoms with Gasteiger partial charge in [-0.2, -0.15) is 0 Å². The van der Waals surface area contributed by atoms with Crippen LogP contribution in [0.4, 0.5) is 0 Å². The summed E-state index contributed by atoms with van der Waals surface area (Å²) in [4.78, 5) is 44.4. The maximum atomic E-state index is 15.2. The molecular formula is C59H66O11. The molecule has 11 heteroatoms. The van der Waals surface area contributed by atoms with Gasteiger partial charge in [0.15, 0.2) is 12.2 Å². The summed E-state index contributed by atoms with van der Waals surface area (Å²) in [6, 6.07) is 31.0. The number of carbonyl (C=O) groups excluding carboxylic acids is 2. The second kappa shape index (κ2) is 21.6. The number of hydrogen-bond donors (Lipinski definition) is 3. The first-order valence-corrected chi connectivity index (χ1v) is 25.1. The van der Waals surface area contributed by atoms with Crippen LogP contribution in [0.25, 0.3) is 11.0 Å². The highest BCUT2D eigenvalue weighted by molar-refractivity contribution is 5.90. The Balaban J connectivity index is 1.18. The van der Waals surface area contributed by atoms with Gasteiger partial charge in [0, 0.05) is 60.3 Å². The van der Waals surface area contributed by atoms with E-state index in [4.69, 9.17) is 23.4 Å². The number of allylic oxidation sites excluding steroid dienone is 2. The Morgan fingerprint density at radius 2 is 1.61 bits per heavy atom. The number of aliphatic hydroxyl groups excluding tert-OH is 3. The third-order valence-electron chi connectivity index (χ3n) is 15.7. The average Bonchev–Trinajstić information content (AvgIpc) is 3.37. The quantitative estimate of drug-likeness (QED) is 0.0500. The molecule has 10 rings (SSSR count). The molecule has 3 N–H and O–H groups in total. The fourth-order valence-electron chi connectivity index (χ4n) is 11.9. The zero-order valence-corrected chi connectivity index (χ0v) is 40.6. The highest BCUT2D eigenvalue weighted by Crippen LogP contribution is 2.53. The fraction of sp³-hybridized carbons (Fsp3) is 0.441. The topological polar surface area (TPSA) is 162 Å². The van der Waals surface area contributed by atoms with Crippen LogP contribution in [0.5, 0.6) is 5.75 Å². The minimum absolute atomic E-state index is 0.0267. The summed E-state index contributed by atoms with van der Waals surface area (Å²) >= 11 is 0. The molecule has 1 aromatic heterocycles. The molecule has 368 valence electrons. The van der Waals surface area contributed by atoms with Crippen LogP contribution in [0.15, 0.2) is 124 Å². The smallest absolute Gasteiger partial charge is 0.340 e. The SMILES string of the molecule is COCC(CCO)c1c(CO)c2ccc3c(c2oc1=O)C1OC(=O)CC2CC(c4cccc(Cc5ccccc5)c4)C=CC2c2ccc(cc2)CCC(=C(C)CO)C(=O)OC1C(C)(C1CCCCC1)O3. The maximum absolute atomic E-state index is 15.2. The Kier molecular flexibility index (Phi) is 15.2. The highest BCUT2D eigenvalue weighted by Gasteiger charge is 2.57. The lowest BCUT2D eigenvalue weighted by atomic mass is 9.71. The first kappa shape index (κ1) is 49.1. The Morgan fingerprint density at radius 1 is 0.843 bits per heavy atom. The molecule has 70 heavy (non-hydrogen) atoms. The van der Waals surface area contributed by atoms with Crippen molar-refractivity contribution in [3.63, 3.8) is 0 Å². The van der Waals surface area contributed by atoms with Gasteiger partial charge < -0.3 is 38.7 Å². The number of hydrogen-bond acceptors (Lipinski definition) is 11. The van der Waals surface area contributed by atoms with Gasteiger partial charge in [0.2, 0.25) is 0 Å². The van der Waals surface area contributed by atoms with Crippen molar-refractivity contribution in [2.75, 3.05) is 26.9 Å². The number of esters is 2. The van der Waals surface area contributed by atoms with Crippen LogP contribution in [-0.2, 0) is 43.2 Å². The lowest BCUT2D eigenvalue weighted by Gasteiger charge is -2.50. The summed E-state index contributed by atoms with van der Waals surface area (Å²) in [5, 5.41) is 31.9. The van der Waals surface area contributed by atoms with Crippen molar-refractivity contribution in [3.05, 3.63) is 169 Å². The summed E-state index contributed by atoms with van der Waals surface area (Å²) in [6.07, 6.45) is 8.94. The van der Waals surface area contributed by atoms with E-state index in [1.807, 2.05) is 13.0 Å². The molecule has 4 heterocycles. The number of fused-ring (bicyclic) bond motifs is 11. The van der Waals surface area contributed by atoms with Crippen molar-refractivity contribution >= 4 is 22.9 Å². The Bertz CT molecular complexity index is 2780. The van der Waals surface area contributed by atoms with Crippen molar-refractivity contribution in [2.24, 2.45) is 11.8 Å². The lowest BCUT2D eigenvalue weighted by molar-refractivity contribution is -0.201. The second-order valence-corrected chi connectivity index (χ2v) is 20.1. The van der Waals surface area contributed by atoms with Crippen LogP contribution in [0.1, 0.15) is 140 Å². The number of ether oxygens (including phenoxy) is 4. The predicted molar refractivity (Wildman–Crippen MR) is 267 cm³/mol. The molecule has 2 aliphatic carbocycles. The minimum Gasteiger partial charge on any atom is -0.483 e. The molecule has 0 saturated heterocycles. The number of aliphatic hydroxyl groups is 3. The molecule has 7 atom stereocenters. The van der Waals surface area contributed by atoms with Crippen LogP contribution in [0, 0.1) is 11.8 Å². The fourth-order valence-corrected chi connectivity index (χ4v) is 11.9. The van der Waals surface area contributed by atoms with Gasteiger partial charge in [0.1, 0.15) is 16.9 Å². The first-order valence-electron chi connectivity index (χ1n) is 25.1. The van der Waals surface area contributed by atoms with Crippen LogP contribution < -0.4 is 10.4 Å². The van der Waals surface area contributed by atoms with E-state index in [2.05, 4.69) is 84.9 Å². The van der Waals surface area contributed by atoms with Gasteiger partial charge in [-0.15, -0.1) is 0 Å². The molecule has 1 saturated carbocycles. The van der Waals surface area contributed by atoms with Gasteiger partial charge in [-0.25, -0.2) is 9.59 Å². The summed E-state index contributed by atoms with van der Waals surface area (Å²) in [5.74, 6) is -1.83. The van der Waals surface area contributed by atoms with Crippen molar-refractivity contribution in [1.82, 2.24) is 0 Å². The van der Waals surface area contributed by atoms with Crippen molar-refractivity contribution in [1.29, 1.82) is 0 Å². The number of aryl methyl sites for hydroxylation is 1. The van der Waals surface area contributed by atoms with Gasteiger partial charge in [-0.05, 0) is 116 Å². The molecule has 11 nitrogen and oxygen atoms in total. The third-order valence-corrected chi connectivity index (χ3v) is 15.7. The predicted octanol–water partition coefficient (Wildman–Crippen LogP) is 10.0. The second-order valence-electron chi connectivity index (χ2n) is 20.1. The standard InChI is InChI=1S/C59H66O11/c1-36(33-61)46-23-19-37-17-20-40(21-18-37)47-24-22-42(41-14-10-13-39(30-41)29-38-11-6-4-7-12-38)31-44(47)32-51(63)67-55-53-50(70-59(2,56(55)69-57(46)64)45-15-8-5-9-16-45)26-25-48-49(34-62)52(58(65)68-54(48)53)43(27-28-60)35-66-3/h4,6-7,10-14,17-18,20-22,24-26,30,42-45,47,55-56,60-62H,5,8-9,15-16,19,23,27-29,31-35H2,1-3H3. The molecule has 0 radical (unpaired) electrons. The van der Waals surface area contributed by atoms with E-state index in [9.17, 15) is 24.9 Å². The molecule has 5 aliphatic rings. The number of carbonyl (C=O) groups is 2. The van der Waals surface area contributed by atoms with Crippen LogP contribution in [0.3, 0.4) is 0 Å². The van der Waals surface area contributed by atoms with E-state index in [1.54, 1.807) is 19.1 Å². The van der Waals surface area contributed by atoms with Crippen LogP contribution in [-0.4, -0.2) is 65.9 Å². The van der Waals surface area contributed by atoms with Gasteiger partial charge >= 0.3 is 17.6 Å². The van der Waals surface area contributed by atoms with E-state index in [0.717, 1.165) is 49.7 Å². The molecule has 1 fully saturated rings. The number of benzene rings is 4. The molecule has 2 bridgehead atoms. The third kappa shape index (κ3) is 10.0. The van der Waals surface area contributed by atoms with Gasteiger partial charge in [0.25, 0.3) is 0 Å². The summed E-state index contributed by atoms with van der Waals surface area (Å²) in [7, 11) is 1.50. The van der Waals surface area contributed by atoms with E-state index < -0.39 is 47.9 Å². The average molecular weight is 951 g/mol. The van der Waals surface area contributed by atoms with Crippen molar-refractivity contribution in [3.8, 4) is 5.75 Å². The van der Waals surface area contributed by atoms with Gasteiger partial charge in [-0.3, -0.25) is 4.79 Å². The zero-order valence-electron chi connectivity index (χ0n) is 40.6. The van der Waals surface area contributed by atoms with E-state index in [0.29, 0.717) is 40.7 Å². The van der Waals surface area contributed by atoms with E-state index >= 15 is 4.79 Å². The zero-order chi connectivity index (χ0) is 48.9. The Labute approximate surface area is 410 Å². The summed E-state index contributed by atoms with van der Waals surface area (Å²) < 4.78 is 32.5. The molecule has 5 aromatic rings. The van der Waals surface area contributed by atoms with Crippen molar-refractivity contribution < 1.29 is 48.3 Å². The lowest BCUT2D eigenvalue weighted by Crippen LogP contribution is -2.58. The monoisotopic (exact) mass is 950 g/mol. The number of methoxy groups -OCH3 is 1. The van der Waals surface area contributed by atoms with Crippen LogP contribution in [0.2, 0.25) is 0 Å². The highest BCUT2D eigenvalue weighted by atomic mass is 16.6. The largest absolute Gasteiger partial charge is 0.483 e. The molecule has 7 unspecified atom stereocenters. The maximum Gasteiger partial charge on any atom is 0.340 e. The van der Waals surface area contributed by atoms with Gasteiger partial charge in [-0.1, -0.05) is 110 Å². The molecule has 0 spiro atoms. The molecule has 0 amide bonds. The van der Waals surface area contributed by atoms with Crippen molar-refractivity contribution in [2.45, 2.75) is 127 Å². The molecule has 4 aromatic carbocycles. The Morgan fingerprint density at radius 3 is 2.34 bits per heavy atom. The summed E-state index contributed by atoms with van der Waals surface area (Å²) in [5.41, 5.74) is 5.28. The molecular weight excluding hydrogens is 885 g/mol. The van der Waals surface area contributed by atoms with Crippen LogP contribution >= 0.6 is 0 Å². The number of rotatable bonds is 11. The van der Waals surface area contributed by atoms with E-state index in [1.165, 1.54) is 23.8 Å². The summed E-state index contributed by atoms with van der Waals surface area (Å²) in [6.45, 7) is 2.62. The van der Waals surface area contributed by atoms with E-state index in [-0.39, 0.29) is 79.5 Å². The first-order chi connectivity index (χ1) is 34.0. The Hall–Kier alpha value is -5.85.